The van der Waals surface area contributed by atoms with Gasteiger partial charge in [0.2, 0.25) is 0 Å². The van der Waals surface area contributed by atoms with E-state index in [1.807, 2.05) is 0 Å². The summed E-state index contributed by atoms with van der Waals surface area (Å²) < 4.78 is 4.70. The first-order valence-corrected chi connectivity index (χ1v) is 6.83. The number of pyridine rings is 1. The number of carbonyl (C=O) groups excluding carboxylic acids is 2. The second-order valence-electron chi connectivity index (χ2n) is 5.07. The van der Waals surface area contributed by atoms with E-state index in [1.54, 1.807) is 18.2 Å². The van der Waals surface area contributed by atoms with E-state index in [1.165, 1.54) is 26.1 Å². The van der Waals surface area contributed by atoms with Crippen LogP contribution in [-0.2, 0) is 9.53 Å². The Morgan fingerprint density at radius 3 is 2.55 bits per heavy atom. The molecule has 2 atom stereocenters. The number of rotatable bonds is 2. The summed E-state index contributed by atoms with van der Waals surface area (Å²) in [5, 5.41) is 0. The van der Waals surface area contributed by atoms with Gasteiger partial charge in [0, 0.05) is 6.20 Å². The molecule has 0 bridgehead atoms. The highest BCUT2D eigenvalue weighted by Crippen LogP contribution is 2.28. The number of nitrogens with two attached hydrogens (primary N) is 1. The molecule has 1 aromatic rings. The first kappa shape index (κ1) is 16.1. The highest BCUT2D eigenvalue weighted by atomic mass is 16.5. The molecule has 0 aliphatic heterocycles. The van der Waals surface area contributed by atoms with Gasteiger partial charge in [-0.1, -0.05) is 25.8 Å². The van der Waals surface area contributed by atoms with Crippen molar-refractivity contribution < 1.29 is 14.3 Å². The van der Waals surface area contributed by atoms with Crippen molar-refractivity contribution in [2.45, 2.75) is 32.6 Å². The molecule has 2 N–H and O–H groups in total. The molecule has 2 rings (SSSR count). The topological polar surface area (TPSA) is 82.3 Å². The third kappa shape index (κ3) is 5.38. The van der Waals surface area contributed by atoms with Crippen molar-refractivity contribution in [1.29, 1.82) is 0 Å². The summed E-state index contributed by atoms with van der Waals surface area (Å²) in [4.78, 5) is 25.2. The second-order valence-corrected chi connectivity index (χ2v) is 5.07. The molecule has 110 valence electrons. The molecule has 0 aromatic carbocycles. The number of carbonyl (C=O) groups is 2. The van der Waals surface area contributed by atoms with Crippen LogP contribution in [0.25, 0.3) is 0 Å². The maximum Gasteiger partial charge on any atom is 0.308 e. The molecule has 5 nitrogen and oxygen atoms in total. The van der Waals surface area contributed by atoms with Crippen LogP contribution in [-0.4, -0.2) is 24.0 Å². The lowest BCUT2D eigenvalue weighted by atomic mass is 9.82. The molecule has 1 heterocycles. The van der Waals surface area contributed by atoms with Crippen molar-refractivity contribution in [3.8, 4) is 0 Å². The van der Waals surface area contributed by atoms with Gasteiger partial charge in [0.25, 0.3) is 5.91 Å². The highest BCUT2D eigenvalue weighted by Gasteiger charge is 2.25. The number of nitrogens with zero attached hydrogens (tertiary/aromatic N) is 1. The van der Waals surface area contributed by atoms with Gasteiger partial charge in [0.05, 0.1) is 13.0 Å². The van der Waals surface area contributed by atoms with Gasteiger partial charge in [-0.05, 0) is 30.9 Å². The fourth-order valence-corrected chi connectivity index (χ4v) is 2.32. The third-order valence-corrected chi connectivity index (χ3v) is 3.39. The molecule has 1 aliphatic carbocycles. The number of methoxy groups -OCH3 is 1. The van der Waals surface area contributed by atoms with Gasteiger partial charge in [-0.3, -0.25) is 14.6 Å². The number of amides is 1. The predicted octanol–water partition coefficient (Wildman–Crippen LogP) is 2.17. The Morgan fingerprint density at radius 1 is 1.35 bits per heavy atom. The van der Waals surface area contributed by atoms with Crippen LogP contribution in [0.5, 0.6) is 0 Å². The monoisotopic (exact) mass is 278 g/mol. The van der Waals surface area contributed by atoms with E-state index in [0.29, 0.717) is 11.6 Å². The quantitative estimate of drug-likeness (QED) is 0.840. The lowest BCUT2D eigenvalue weighted by Gasteiger charge is -2.24. The molecule has 1 amide bonds. The Kier molecular flexibility index (Phi) is 6.70. The maximum atomic E-state index is 11.1. The van der Waals surface area contributed by atoms with Crippen molar-refractivity contribution in [1.82, 2.24) is 4.98 Å². The largest absolute Gasteiger partial charge is 0.469 e. The second kappa shape index (κ2) is 8.30. The van der Waals surface area contributed by atoms with E-state index in [-0.39, 0.29) is 11.9 Å². The zero-order valence-electron chi connectivity index (χ0n) is 12.0. The molecule has 0 spiro atoms. The van der Waals surface area contributed by atoms with E-state index < -0.39 is 5.91 Å². The van der Waals surface area contributed by atoms with Crippen LogP contribution in [0, 0.1) is 11.8 Å². The van der Waals surface area contributed by atoms with Crippen molar-refractivity contribution >= 4 is 11.9 Å². The molecule has 20 heavy (non-hydrogen) atoms. The van der Waals surface area contributed by atoms with Gasteiger partial charge in [-0.2, -0.15) is 0 Å². The van der Waals surface area contributed by atoms with Crippen LogP contribution in [0.4, 0.5) is 0 Å². The van der Waals surface area contributed by atoms with Crippen LogP contribution < -0.4 is 5.73 Å². The van der Waals surface area contributed by atoms with Crippen LogP contribution in [0.2, 0.25) is 0 Å². The van der Waals surface area contributed by atoms with Crippen LogP contribution >= 0.6 is 0 Å². The Morgan fingerprint density at radius 2 is 2.10 bits per heavy atom. The zero-order chi connectivity index (χ0) is 15.0. The third-order valence-electron chi connectivity index (χ3n) is 3.39. The summed E-state index contributed by atoms with van der Waals surface area (Å²) >= 11 is 0. The average Bonchev–Trinajstić information content (AvgIpc) is 2.48. The number of primary amides is 1. The number of hydrogen-bond donors (Lipinski definition) is 1. The average molecular weight is 278 g/mol. The zero-order valence-corrected chi connectivity index (χ0v) is 12.0. The molecule has 5 heteroatoms. The predicted molar refractivity (Wildman–Crippen MR) is 75.9 cm³/mol. The number of esters is 1. The summed E-state index contributed by atoms with van der Waals surface area (Å²) in [5.74, 6) is 0.378. The summed E-state index contributed by atoms with van der Waals surface area (Å²) in [6.07, 6.45) is 6.03. The summed E-state index contributed by atoms with van der Waals surface area (Å²) in [6.45, 7) is 2.20. The molecule has 1 aromatic heterocycles. The van der Waals surface area contributed by atoms with Crippen molar-refractivity contribution in [2.24, 2.45) is 17.6 Å². The van der Waals surface area contributed by atoms with Crippen molar-refractivity contribution in [2.75, 3.05) is 7.11 Å². The van der Waals surface area contributed by atoms with E-state index in [9.17, 15) is 9.59 Å². The summed E-state index contributed by atoms with van der Waals surface area (Å²) in [6, 6.07) is 5.02. The van der Waals surface area contributed by atoms with E-state index >= 15 is 0 Å². The molecule has 1 fully saturated rings. The van der Waals surface area contributed by atoms with Crippen molar-refractivity contribution in [3.05, 3.63) is 30.1 Å². The van der Waals surface area contributed by atoms with E-state index in [0.717, 1.165) is 12.8 Å². The highest BCUT2D eigenvalue weighted by molar-refractivity contribution is 5.90. The maximum absolute atomic E-state index is 11.1. The standard InChI is InChI=1S/C9H16O2.C6H6N2O/c1-7-4-3-5-8(6-7)9(10)11-2;7-6(9)5-3-1-2-4-8-5/h7-8H,3-6H2,1-2H3;1-4H,(H2,7,9). The van der Waals surface area contributed by atoms with Gasteiger partial charge >= 0.3 is 5.97 Å². The van der Waals surface area contributed by atoms with Gasteiger partial charge in [0.1, 0.15) is 5.69 Å². The fourth-order valence-electron chi connectivity index (χ4n) is 2.32. The van der Waals surface area contributed by atoms with E-state index in [4.69, 9.17) is 10.5 Å². The molecule has 0 radical (unpaired) electrons. The molecule has 1 aliphatic rings. The first-order chi connectivity index (χ1) is 9.54. The Hall–Kier alpha value is -1.91. The molecule has 2 unspecified atom stereocenters. The van der Waals surface area contributed by atoms with Crippen molar-refractivity contribution in [3.63, 3.8) is 0 Å². The van der Waals surface area contributed by atoms with Gasteiger partial charge in [0.15, 0.2) is 0 Å². The molecular formula is C15H22N2O3. The molecular weight excluding hydrogens is 256 g/mol. The Balaban J connectivity index is 0.000000204. The molecule has 0 saturated heterocycles. The smallest absolute Gasteiger partial charge is 0.308 e. The first-order valence-electron chi connectivity index (χ1n) is 6.83. The Bertz CT molecular complexity index is 434. The molecule has 1 saturated carbocycles. The van der Waals surface area contributed by atoms with E-state index in [2.05, 4.69) is 11.9 Å². The minimum Gasteiger partial charge on any atom is -0.469 e. The SMILES string of the molecule is COC(=O)C1CCCC(C)C1.NC(=O)c1ccccn1. The summed E-state index contributed by atoms with van der Waals surface area (Å²) in [5.41, 5.74) is 5.22. The van der Waals surface area contributed by atoms with Gasteiger partial charge < -0.3 is 10.5 Å². The van der Waals surface area contributed by atoms with Crippen LogP contribution in [0.3, 0.4) is 0 Å². The number of aromatic nitrogens is 1. The Labute approximate surface area is 119 Å². The van der Waals surface area contributed by atoms with Crippen LogP contribution in [0.15, 0.2) is 24.4 Å². The minimum atomic E-state index is -0.490. The lowest BCUT2D eigenvalue weighted by Crippen LogP contribution is -2.22. The minimum absolute atomic E-state index is 0.0171. The summed E-state index contributed by atoms with van der Waals surface area (Å²) in [7, 11) is 1.47. The van der Waals surface area contributed by atoms with Gasteiger partial charge in [-0.25, -0.2) is 0 Å². The van der Waals surface area contributed by atoms with Gasteiger partial charge in [-0.15, -0.1) is 0 Å². The normalized spacial score (nSPS) is 21.3. The fraction of sp³-hybridized carbons (Fsp3) is 0.533. The number of ether oxygens (including phenoxy) is 1. The number of hydrogen-bond acceptors (Lipinski definition) is 4. The lowest BCUT2D eigenvalue weighted by molar-refractivity contribution is -0.147. The van der Waals surface area contributed by atoms with Crippen LogP contribution in [0.1, 0.15) is 43.1 Å².